The first kappa shape index (κ1) is 11.7. The molecular formula is C9H11NaO2. The van der Waals surface area contributed by atoms with E-state index in [-0.39, 0.29) is 35.5 Å². The average molecular weight is 174 g/mol. The Hall–Kier alpha value is -0.310. The Morgan fingerprint density at radius 3 is 2.42 bits per heavy atom. The van der Waals surface area contributed by atoms with Crippen LogP contribution in [0.2, 0.25) is 0 Å². The minimum absolute atomic E-state index is 0. The maximum atomic E-state index is 10.8. The van der Waals surface area contributed by atoms with Gasteiger partial charge in [0.2, 0.25) is 0 Å². The molecule has 12 heavy (non-hydrogen) atoms. The van der Waals surface area contributed by atoms with Crippen LogP contribution in [0.3, 0.4) is 0 Å². The van der Waals surface area contributed by atoms with Crippen LogP contribution >= 0.6 is 0 Å². The van der Waals surface area contributed by atoms with Crippen LogP contribution < -0.4 is 4.74 Å². The number of hydrogen-bond donors (Lipinski definition) is 0. The molecule has 0 heterocycles. The zero-order valence-electron chi connectivity index (χ0n) is 6.41. The van der Waals surface area contributed by atoms with Crippen LogP contribution in [-0.4, -0.2) is 35.5 Å². The van der Waals surface area contributed by atoms with Crippen molar-refractivity contribution < 1.29 is 9.53 Å². The molecule has 3 heteroatoms. The van der Waals surface area contributed by atoms with Gasteiger partial charge in [0.15, 0.2) is 0 Å². The van der Waals surface area contributed by atoms with Gasteiger partial charge in [-0.15, -0.1) is 0 Å². The Morgan fingerprint density at radius 1 is 1.33 bits per heavy atom. The summed E-state index contributed by atoms with van der Waals surface area (Å²) >= 11 is 0. The van der Waals surface area contributed by atoms with Gasteiger partial charge in [-0.25, -0.2) is 0 Å². The first-order valence-electron chi connectivity index (χ1n) is 3.58. The van der Waals surface area contributed by atoms with Crippen LogP contribution in [0.1, 0.15) is 13.3 Å². The Morgan fingerprint density at radius 2 is 1.92 bits per heavy atom. The molecule has 0 amide bonds. The summed E-state index contributed by atoms with van der Waals surface area (Å²) in [7, 11) is 0. The van der Waals surface area contributed by atoms with Gasteiger partial charge in [0.05, 0.1) is 0 Å². The predicted octanol–water partition coefficient (Wildman–Crippen LogP) is 1.35. The van der Waals surface area contributed by atoms with Gasteiger partial charge in [0.1, 0.15) is 5.75 Å². The van der Waals surface area contributed by atoms with Crippen molar-refractivity contribution in [3.63, 3.8) is 0 Å². The van der Waals surface area contributed by atoms with Crippen molar-refractivity contribution in [2.24, 2.45) is 0 Å². The standard InChI is InChI=1S/C9H10O2.Na.H/c1-2-9(10)11-8-6-4-3-5-7-8;;/h3-7H,2H2,1H3;;. The SMILES string of the molecule is CCC(=O)Oc1ccccc1.[NaH]. The third-order valence-corrected chi connectivity index (χ3v) is 1.26. The van der Waals surface area contributed by atoms with Crippen LogP contribution in [-0.2, 0) is 4.79 Å². The van der Waals surface area contributed by atoms with Crippen molar-refractivity contribution in [2.75, 3.05) is 0 Å². The number of esters is 1. The number of carbonyl (C=O) groups is 1. The summed E-state index contributed by atoms with van der Waals surface area (Å²) in [5.41, 5.74) is 0. The fraction of sp³-hybridized carbons (Fsp3) is 0.222. The molecule has 0 aromatic heterocycles. The Bertz CT molecular complexity index is 234. The maximum absolute atomic E-state index is 10.8. The molecule has 0 saturated heterocycles. The normalized spacial score (nSPS) is 8.42. The summed E-state index contributed by atoms with van der Waals surface area (Å²) in [4.78, 5) is 10.8. The van der Waals surface area contributed by atoms with Crippen molar-refractivity contribution in [2.45, 2.75) is 13.3 Å². The Balaban J connectivity index is 0.00000121. The van der Waals surface area contributed by atoms with Gasteiger partial charge < -0.3 is 4.74 Å². The Kier molecular flexibility index (Phi) is 6.07. The van der Waals surface area contributed by atoms with E-state index < -0.39 is 0 Å². The molecule has 1 aromatic carbocycles. The monoisotopic (exact) mass is 174 g/mol. The first-order valence-corrected chi connectivity index (χ1v) is 3.58. The van der Waals surface area contributed by atoms with Crippen LogP contribution in [0.4, 0.5) is 0 Å². The molecule has 0 saturated carbocycles. The van der Waals surface area contributed by atoms with Gasteiger partial charge in [-0.05, 0) is 12.1 Å². The summed E-state index contributed by atoms with van der Waals surface area (Å²) in [5.74, 6) is 0.413. The number of ether oxygens (including phenoxy) is 1. The van der Waals surface area contributed by atoms with E-state index in [1.54, 1.807) is 19.1 Å². The molecule has 0 aliphatic rings. The minimum atomic E-state index is -0.198. The number of benzene rings is 1. The fourth-order valence-corrected chi connectivity index (χ4v) is 0.692. The molecule has 0 atom stereocenters. The second kappa shape index (κ2) is 6.23. The number of hydrogen-bond acceptors (Lipinski definition) is 2. The van der Waals surface area contributed by atoms with Gasteiger partial charge in [-0.1, -0.05) is 25.1 Å². The topological polar surface area (TPSA) is 26.3 Å². The summed E-state index contributed by atoms with van der Waals surface area (Å²) < 4.78 is 4.92. The van der Waals surface area contributed by atoms with E-state index in [0.29, 0.717) is 12.2 Å². The third kappa shape index (κ3) is 3.90. The van der Waals surface area contributed by atoms with Crippen molar-refractivity contribution in [3.05, 3.63) is 30.3 Å². The summed E-state index contributed by atoms with van der Waals surface area (Å²) in [6.45, 7) is 1.77. The molecule has 60 valence electrons. The van der Waals surface area contributed by atoms with Crippen LogP contribution in [0.25, 0.3) is 0 Å². The summed E-state index contributed by atoms with van der Waals surface area (Å²) in [6, 6.07) is 9.06. The molecule has 1 aromatic rings. The van der Waals surface area contributed by atoms with E-state index in [1.165, 1.54) is 0 Å². The first-order chi connectivity index (χ1) is 5.33. The van der Waals surface area contributed by atoms with Crippen LogP contribution in [0, 0.1) is 0 Å². The molecule has 0 N–H and O–H groups in total. The molecule has 0 aliphatic heterocycles. The van der Waals surface area contributed by atoms with E-state index in [9.17, 15) is 4.79 Å². The molecule has 0 radical (unpaired) electrons. The van der Waals surface area contributed by atoms with Gasteiger partial charge >= 0.3 is 35.5 Å². The van der Waals surface area contributed by atoms with Crippen molar-refractivity contribution >= 4 is 35.5 Å². The quantitative estimate of drug-likeness (QED) is 0.384. The molecule has 0 unspecified atom stereocenters. The van der Waals surface area contributed by atoms with Gasteiger partial charge in [-0.3, -0.25) is 4.79 Å². The molecule has 0 aliphatic carbocycles. The molecule has 0 spiro atoms. The summed E-state index contributed by atoms with van der Waals surface area (Å²) in [6.07, 6.45) is 0.412. The van der Waals surface area contributed by atoms with Crippen LogP contribution in [0.15, 0.2) is 30.3 Å². The van der Waals surface area contributed by atoms with Crippen molar-refractivity contribution in [1.29, 1.82) is 0 Å². The zero-order valence-corrected chi connectivity index (χ0v) is 6.41. The third-order valence-electron chi connectivity index (χ3n) is 1.26. The van der Waals surface area contributed by atoms with E-state index >= 15 is 0 Å². The molecule has 0 bridgehead atoms. The molecular weight excluding hydrogens is 163 g/mol. The van der Waals surface area contributed by atoms with E-state index in [2.05, 4.69) is 0 Å². The molecule has 1 rings (SSSR count). The van der Waals surface area contributed by atoms with Gasteiger partial charge in [0.25, 0.3) is 0 Å². The predicted molar refractivity (Wildman–Crippen MR) is 49.5 cm³/mol. The van der Waals surface area contributed by atoms with Gasteiger partial charge in [0, 0.05) is 6.42 Å². The van der Waals surface area contributed by atoms with E-state index in [4.69, 9.17) is 4.74 Å². The average Bonchev–Trinajstić information content (AvgIpc) is 2.06. The number of para-hydroxylation sites is 1. The Labute approximate surface area is 94.2 Å². The second-order valence-electron chi connectivity index (χ2n) is 2.14. The fourth-order valence-electron chi connectivity index (χ4n) is 0.692. The molecule has 0 fully saturated rings. The zero-order chi connectivity index (χ0) is 8.10. The number of rotatable bonds is 2. The van der Waals surface area contributed by atoms with Gasteiger partial charge in [-0.2, -0.15) is 0 Å². The van der Waals surface area contributed by atoms with Crippen molar-refractivity contribution in [1.82, 2.24) is 0 Å². The number of carbonyl (C=O) groups excluding carboxylic acids is 1. The second-order valence-corrected chi connectivity index (χ2v) is 2.14. The van der Waals surface area contributed by atoms with Crippen LogP contribution in [0.5, 0.6) is 5.75 Å². The van der Waals surface area contributed by atoms with Crippen molar-refractivity contribution in [3.8, 4) is 5.75 Å². The van der Waals surface area contributed by atoms with E-state index in [0.717, 1.165) is 0 Å². The molecule has 2 nitrogen and oxygen atoms in total. The summed E-state index contributed by atoms with van der Waals surface area (Å²) in [5, 5.41) is 0. The van der Waals surface area contributed by atoms with E-state index in [1.807, 2.05) is 18.2 Å².